The summed E-state index contributed by atoms with van der Waals surface area (Å²) in [6.45, 7) is 4.83. The molecule has 3 rings (SSSR count). The van der Waals surface area contributed by atoms with Crippen molar-refractivity contribution in [2.75, 3.05) is 6.61 Å². The first-order valence-corrected chi connectivity index (χ1v) is 12.7. The van der Waals surface area contributed by atoms with Gasteiger partial charge in [0.15, 0.2) is 0 Å². The molecule has 0 bridgehead atoms. The molecule has 3 aliphatic rings. The molecular weight excluding hydrogens is 344 g/mol. The second kappa shape index (κ2) is 9.63. The zero-order chi connectivity index (χ0) is 20.1. The summed E-state index contributed by atoms with van der Waals surface area (Å²) in [5.74, 6) is 1.08. The van der Waals surface area contributed by atoms with Crippen molar-refractivity contribution in [2.24, 2.45) is 22.2 Å². The van der Waals surface area contributed by atoms with E-state index in [-0.39, 0.29) is 16.2 Å². The quantitative estimate of drug-likeness (QED) is 0.400. The highest BCUT2D eigenvalue weighted by atomic mass is 16.3. The molecule has 3 aliphatic carbocycles. The van der Waals surface area contributed by atoms with Crippen LogP contribution in [0.25, 0.3) is 0 Å². The van der Waals surface area contributed by atoms with E-state index in [2.05, 4.69) is 13.8 Å². The van der Waals surface area contributed by atoms with Crippen LogP contribution in [0.5, 0.6) is 0 Å². The van der Waals surface area contributed by atoms with Crippen LogP contribution in [-0.4, -0.2) is 17.5 Å². The van der Waals surface area contributed by atoms with Gasteiger partial charge in [0, 0.05) is 17.4 Å². The molecule has 1 N–H and O–H groups in total. The maximum absolute atomic E-state index is 13.9. The fourth-order valence-electron chi connectivity index (χ4n) is 7.63. The molecular formula is C26H46O2. The van der Waals surface area contributed by atoms with Crippen LogP contribution in [0.2, 0.25) is 0 Å². The summed E-state index contributed by atoms with van der Waals surface area (Å²) >= 11 is 0. The summed E-state index contributed by atoms with van der Waals surface area (Å²) in [5, 5.41) is 10.8. The Labute approximate surface area is 174 Å². The van der Waals surface area contributed by atoms with Crippen LogP contribution in [-0.2, 0) is 4.79 Å². The van der Waals surface area contributed by atoms with Crippen molar-refractivity contribution in [3.8, 4) is 0 Å². The lowest BCUT2D eigenvalue weighted by molar-refractivity contribution is -0.187. The van der Waals surface area contributed by atoms with Crippen molar-refractivity contribution in [1.29, 1.82) is 0 Å². The van der Waals surface area contributed by atoms with E-state index in [1.54, 1.807) is 0 Å². The SMILES string of the molecule is CCCCCC(CO)(CCCCC)C1CCCCC12CC1(CCCCC1)C2=O. The van der Waals surface area contributed by atoms with E-state index >= 15 is 0 Å². The maximum Gasteiger partial charge on any atom is 0.145 e. The minimum Gasteiger partial charge on any atom is -0.396 e. The summed E-state index contributed by atoms with van der Waals surface area (Å²) in [5.41, 5.74) is -0.0324. The molecule has 2 heteroatoms. The fraction of sp³-hybridized carbons (Fsp3) is 0.962. The summed E-state index contributed by atoms with van der Waals surface area (Å²) in [6, 6.07) is 0. The van der Waals surface area contributed by atoms with Gasteiger partial charge in [-0.05, 0) is 56.3 Å². The number of hydrogen-bond acceptors (Lipinski definition) is 2. The van der Waals surface area contributed by atoms with E-state index in [9.17, 15) is 9.90 Å². The van der Waals surface area contributed by atoms with Gasteiger partial charge < -0.3 is 5.11 Å². The molecule has 0 aromatic rings. The van der Waals surface area contributed by atoms with Crippen LogP contribution in [0.4, 0.5) is 0 Å². The number of rotatable bonds is 10. The van der Waals surface area contributed by atoms with Crippen molar-refractivity contribution < 1.29 is 9.90 Å². The molecule has 2 atom stereocenters. The van der Waals surface area contributed by atoms with E-state index in [1.807, 2.05) is 0 Å². The van der Waals surface area contributed by atoms with Crippen molar-refractivity contribution in [1.82, 2.24) is 0 Å². The molecule has 0 amide bonds. The Morgan fingerprint density at radius 3 is 2.04 bits per heavy atom. The van der Waals surface area contributed by atoms with Crippen LogP contribution < -0.4 is 0 Å². The summed E-state index contributed by atoms with van der Waals surface area (Å²) in [4.78, 5) is 13.9. The van der Waals surface area contributed by atoms with Gasteiger partial charge in [0.25, 0.3) is 0 Å². The molecule has 2 unspecified atom stereocenters. The minimum absolute atomic E-state index is 0.00328. The number of Topliss-reactive ketones (excluding diaryl/α,β-unsaturated/α-hetero) is 1. The average Bonchev–Trinajstić information content (AvgIpc) is 2.74. The van der Waals surface area contributed by atoms with Crippen LogP contribution in [0.15, 0.2) is 0 Å². The predicted molar refractivity (Wildman–Crippen MR) is 117 cm³/mol. The van der Waals surface area contributed by atoms with E-state index in [0.717, 1.165) is 38.5 Å². The highest BCUT2D eigenvalue weighted by molar-refractivity contribution is 5.97. The molecule has 28 heavy (non-hydrogen) atoms. The molecule has 162 valence electrons. The smallest absolute Gasteiger partial charge is 0.145 e. The Balaban J connectivity index is 1.84. The van der Waals surface area contributed by atoms with Gasteiger partial charge in [-0.15, -0.1) is 0 Å². The molecule has 3 fully saturated rings. The first-order valence-electron chi connectivity index (χ1n) is 12.7. The topological polar surface area (TPSA) is 37.3 Å². The molecule has 0 aromatic heterocycles. The fourth-order valence-corrected chi connectivity index (χ4v) is 7.63. The van der Waals surface area contributed by atoms with Gasteiger partial charge in [0.2, 0.25) is 0 Å². The van der Waals surface area contributed by atoms with E-state index in [4.69, 9.17) is 0 Å². The Morgan fingerprint density at radius 1 is 0.893 bits per heavy atom. The van der Waals surface area contributed by atoms with Gasteiger partial charge in [0.1, 0.15) is 5.78 Å². The molecule has 0 aliphatic heterocycles. The van der Waals surface area contributed by atoms with Gasteiger partial charge >= 0.3 is 0 Å². The Bertz CT molecular complexity index is 495. The molecule has 2 nitrogen and oxygen atoms in total. The summed E-state index contributed by atoms with van der Waals surface area (Å²) in [7, 11) is 0. The third-order valence-corrected chi connectivity index (χ3v) is 9.04. The van der Waals surface area contributed by atoms with Gasteiger partial charge in [-0.2, -0.15) is 0 Å². The highest BCUT2D eigenvalue weighted by Crippen LogP contribution is 2.68. The van der Waals surface area contributed by atoms with Crippen LogP contribution in [0.3, 0.4) is 0 Å². The number of aliphatic hydroxyl groups is 1. The largest absolute Gasteiger partial charge is 0.396 e. The Morgan fingerprint density at radius 2 is 1.50 bits per heavy atom. The average molecular weight is 391 g/mol. The number of unbranched alkanes of at least 4 members (excludes halogenated alkanes) is 4. The predicted octanol–water partition coefficient (Wildman–Crippen LogP) is 7.23. The number of aliphatic hydroxyl groups excluding tert-OH is 1. The lowest BCUT2D eigenvalue weighted by atomic mass is 9.38. The Hall–Kier alpha value is -0.370. The van der Waals surface area contributed by atoms with Gasteiger partial charge in [-0.3, -0.25) is 4.79 Å². The number of carbonyl (C=O) groups is 1. The van der Waals surface area contributed by atoms with Gasteiger partial charge in [-0.1, -0.05) is 84.5 Å². The lowest BCUT2D eigenvalue weighted by Gasteiger charge is -2.64. The standard InChI is InChI=1S/C26H46O2/c1-3-5-9-17-25(21-27,18-10-6-4-2)22-14-8-13-19-26(22)20-24(23(26)28)15-11-7-12-16-24/h22,27H,3-21H2,1-2H3. The van der Waals surface area contributed by atoms with Gasteiger partial charge in [-0.25, -0.2) is 0 Å². The summed E-state index contributed by atoms with van der Waals surface area (Å²) in [6.07, 6.45) is 21.7. The minimum atomic E-state index is -0.0727. The number of hydrogen-bond donors (Lipinski definition) is 1. The van der Waals surface area contributed by atoms with Crippen LogP contribution >= 0.6 is 0 Å². The summed E-state index contributed by atoms with van der Waals surface area (Å²) < 4.78 is 0. The van der Waals surface area contributed by atoms with Crippen LogP contribution in [0, 0.1) is 22.2 Å². The molecule has 3 saturated carbocycles. The first kappa shape index (κ1) is 22.3. The Kier molecular flexibility index (Phi) is 7.67. The number of ketones is 1. The molecule has 0 heterocycles. The third-order valence-electron chi connectivity index (χ3n) is 9.04. The van der Waals surface area contributed by atoms with E-state index < -0.39 is 0 Å². The zero-order valence-electron chi connectivity index (χ0n) is 18.9. The highest BCUT2D eigenvalue weighted by Gasteiger charge is 2.68. The van der Waals surface area contributed by atoms with Crippen molar-refractivity contribution in [3.05, 3.63) is 0 Å². The molecule has 0 radical (unpaired) electrons. The second-order valence-corrected chi connectivity index (χ2v) is 10.7. The number of carbonyl (C=O) groups excluding carboxylic acids is 1. The van der Waals surface area contributed by atoms with Crippen molar-refractivity contribution in [3.63, 3.8) is 0 Å². The van der Waals surface area contributed by atoms with E-state index in [1.165, 1.54) is 77.0 Å². The third kappa shape index (κ3) is 3.96. The molecule has 2 spiro atoms. The molecule has 0 aromatic carbocycles. The monoisotopic (exact) mass is 390 g/mol. The lowest BCUT2D eigenvalue weighted by Crippen LogP contribution is -2.65. The normalized spacial score (nSPS) is 30.0. The first-order chi connectivity index (χ1) is 13.6. The second-order valence-electron chi connectivity index (χ2n) is 10.7. The van der Waals surface area contributed by atoms with Crippen molar-refractivity contribution >= 4 is 5.78 Å². The molecule has 0 saturated heterocycles. The zero-order valence-corrected chi connectivity index (χ0v) is 18.9. The van der Waals surface area contributed by atoms with Gasteiger partial charge in [0.05, 0.1) is 0 Å². The van der Waals surface area contributed by atoms with Crippen molar-refractivity contribution in [2.45, 2.75) is 129 Å². The maximum atomic E-state index is 13.9. The van der Waals surface area contributed by atoms with Crippen LogP contribution in [0.1, 0.15) is 129 Å². The van der Waals surface area contributed by atoms with E-state index in [0.29, 0.717) is 18.3 Å².